The van der Waals surface area contributed by atoms with Crippen molar-refractivity contribution in [2.45, 2.75) is 49.1 Å². The molecule has 0 aromatic carbocycles. The molecule has 4 unspecified atom stereocenters. The van der Waals surface area contributed by atoms with Gasteiger partial charge in [0.05, 0.1) is 13.2 Å². The Labute approximate surface area is 274 Å². The smallest absolute Gasteiger partial charge is 0.387 e. The van der Waals surface area contributed by atoms with Crippen LogP contribution in [0.4, 0.5) is 0 Å². The zero-order valence-electron chi connectivity index (χ0n) is 24.1. The van der Waals surface area contributed by atoms with Gasteiger partial charge in [-0.05, 0) is 0 Å². The zero-order valence-corrected chi connectivity index (χ0v) is 27.7. The quantitative estimate of drug-likeness (QED) is 0.0932. The molecule has 5 rings (SSSR count). The Morgan fingerprint density at radius 3 is 1.44 bits per heavy atom. The number of aromatic nitrogens is 4. The minimum atomic E-state index is -5.67. The molecule has 3 aliphatic heterocycles. The van der Waals surface area contributed by atoms with Crippen LogP contribution >= 0.6 is 31.3 Å². The van der Waals surface area contributed by atoms with Gasteiger partial charge in [-0.2, -0.15) is 22.2 Å². The average molecular weight is 803 g/mol. The summed E-state index contributed by atoms with van der Waals surface area (Å²) < 4.78 is 92.9. The van der Waals surface area contributed by atoms with Crippen LogP contribution in [-0.2, 0) is 59.0 Å². The minimum absolute atomic E-state index is 0.680. The first kappa shape index (κ1) is 38.9. The standard InChI is InChI=1S/C18H25N5O23P4/c24-9-1-3-22(17(30)19-9)15-13(28)11(26)7(40-15)5-38-47(32,33)44-49(36)42-21-43-50(37,46-49)45-48(34,35)39-6-8-12(27)14(29)16(41-8)23-4-2-10(25)20-18(23)31/h1-4,7-8,11-16,21,26-29H,5-6H2,(H,32,33)(H,34,35)(H,19,24,30)(H,20,25,31)/t7-,8-,11-,12-,13-,14-,15-,16-,49?,50?/m1/s1. The van der Waals surface area contributed by atoms with E-state index in [9.17, 15) is 67.7 Å². The van der Waals surface area contributed by atoms with Crippen molar-refractivity contribution >= 4 is 31.3 Å². The van der Waals surface area contributed by atoms with E-state index in [0.717, 1.165) is 24.5 Å². The van der Waals surface area contributed by atoms with Crippen molar-refractivity contribution in [3.05, 3.63) is 66.2 Å². The molecule has 3 aliphatic rings. The second-order valence-electron chi connectivity index (χ2n) is 10.1. The van der Waals surface area contributed by atoms with Crippen molar-refractivity contribution in [2.24, 2.45) is 0 Å². The third-order valence-electron chi connectivity index (χ3n) is 6.63. The number of aliphatic hydroxyl groups excluding tert-OH is 4. The van der Waals surface area contributed by atoms with Gasteiger partial charge >= 0.3 is 42.7 Å². The number of hydrogen-bond acceptors (Lipinski definition) is 22. The Balaban J connectivity index is 1.16. The zero-order chi connectivity index (χ0) is 36.8. The molecule has 32 heteroatoms. The molecule has 280 valence electrons. The topological polar surface area (TPSA) is 394 Å². The number of nitrogens with zero attached hydrogens (tertiary/aromatic N) is 2. The van der Waals surface area contributed by atoms with Crippen molar-refractivity contribution in [3.63, 3.8) is 0 Å². The summed E-state index contributed by atoms with van der Waals surface area (Å²) in [5.74, 6) is 0. The molecule has 5 heterocycles. The predicted molar refractivity (Wildman–Crippen MR) is 150 cm³/mol. The molecular weight excluding hydrogens is 778 g/mol. The van der Waals surface area contributed by atoms with Crippen LogP contribution in [0.3, 0.4) is 0 Å². The Morgan fingerprint density at radius 2 is 1.08 bits per heavy atom. The van der Waals surface area contributed by atoms with E-state index < -0.39 is 116 Å². The lowest BCUT2D eigenvalue weighted by Crippen LogP contribution is -2.37. The molecule has 3 saturated heterocycles. The van der Waals surface area contributed by atoms with Crippen LogP contribution < -0.4 is 28.1 Å². The van der Waals surface area contributed by atoms with Gasteiger partial charge in [0.15, 0.2) is 12.5 Å². The molecule has 0 saturated carbocycles. The molecule has 12 atom stereocenters. The van der Waals surface area contributed by atoms with Crippen LogP contribution in [0.15, 0.2) is 43.7 Å². The Bertz CT molecular complexity index is 1880. The van der Waals surface area contributed by atoms with Crippen LogP contribution in [0.2, 0.25) is 0 Å². The second kappa shape index (κ2) is 14.6. The Morgan fingerprint density at radius 1 is 0.700 bits per heavy atom. The lowest BCUT2D eigenvalue weighted by Gasteiger charge is -2.28. The van der Waals surface area contributed by atoms with Gasteiger partial charge < -0.3 is 39.7 Å². The molecule has 3 fully saturated rings. The van der Waals surface area contributed by atoms with Gasteiger partial charge in [-0.15, -0.1) is 0 Å². The summed E-state index contributed by atoms with van der Waals surface area (Å²) in [6.45, 7) is -2.25. The van der Waals surface area contributed by atoms with E-state index in [-0.39, 0.29) is 0 Å². The summed E-state index contributed by atoms with van der Waals surface area (Å²) in [5, 5.41) is 41.0. The average Bonchev–Trinajstić information content (AvgIpc) is 3.43. The minimum Gasteiger partial charge on any atom is -0.387 e. The Kier molecular flexibility index (Phi) is 11.3. The second-order valence-corrected chi connectivity index (χ2v) is 16.6. The predicted octanol–water partition coefficient (Wildman–Crippen LogP) is -3.71. The molecule has 2 aromatic rings. The number of aliphatic hydroxyl groups is 4. The van der Waals surface area contributed by atoms with Gasteiger partial charge in [-0.1, -0.05) is 5.64 Å². The van der Waals surface area contributed by atoms with Gasteiger partial charge in [-0.25, -0.2) is 27.8 Å². The molecular formula is C18H25N5O23P4. The molecule has 0 radical (unpaired) electrons. The van der Waals surface area contributed by atoms with E-state index >= 15 is 0 Å². The molecule has 2 aromatic heterocycles. The fourth-order valence-electron chi connectivity index (χ4n) is 4.41. The summed E-state index contributed by atoms with van der Waals surface area (Å²) in [6, 6.07) is 1.79. The summed E-state index contributed by atoms with van der Waals surface area (Å²) >= 11 is 0. The first-order valence-corrected chi connectivity index (χ1v) is 19.2. The molecule has 28 nitrogen and oxygen atoms in total. The third-order valence-corrected chi connectivity index (χ3v) is 13.0. The number of phosphoric acid groups is 4. The number of phosphoric ester groups is 2. The van der Waals surface area contributed by atoms with Crippen LogP contribution in [0, 0.1) is 0 Å². The molecule has 0 aliphatic carbocycles. The number of nitrogens with one attached hydrogen (secondary N) is 3. The number of H-pyrrole nitrogens is 2. The van der Waals surface area contributed by atoms with Crippen LogP contribution in [0.25, 0.3) is 0 Å². The van der Waals surface area contributed by atoms with Crippen molar-refractivity contribution < 1.29 is 89.2 Å². The molecule has 50 heavy (non-hydrogen) atoms. The van der Waals surface area contributed by atoms with Crippen molar-refractivity contribution in [1.82, 2.24) is 24.7 Å². The summed E-state index contributed by atoms with van der Waals surface area (Å²) in [5.41, 5.74) is -2.47. The molecule has 0 amide bonds. The highest BCUT2D eigenvalue weighted by Crippen LogP contribution is 2.76. The fraction of sp³-hybridized carbons (Fsp3) is 0.556. The summed E-state index contributed by atoms with van der Waals surface area (Å²) in [4.78, 5) is 70.4. The monoisotopic (exact) mass is 803 g/mol. The number of ether oxygens (including phenoxy) is 2. The Hall–Kier alpha value is -2.36. The van der Waals surface area contributed by atoms with Crippen molar-refractivity contribution in [1.29, 1.82) is 0 Å². The van der Waals surface area contributed by atoms with Gasteiger partial charge in [0, 0.05) is 24.5 Å². The van der Waals surface area contributed by atoms with E-state index in [1.807, 2.05) is 9.97 Å². The first-order valence-electron chi connectivity index (χ1n) is 13.3. The van der Waals surface area contributed by atoms with Crippen molar-refractivity contribution in [3.8, 4) is 0 Å². The summed E-state index contributed by atoms with van der Waals surface area (Å²) in [6.07, 6.45) is -12.2. The lowest BCUT2D eigenvalue weighted by molar-refractivity contribution is -0.0834. The highest BCUT2D eigenvalue weighted by atomic mass is 31.3. The third kappa shape index (κ3) is 8.80. The number of aromatic amines is 2. The lowest BCUT2D eigenvalue weighted by atomic mass is 10.1. The maximum atomic E-state index is 12.8. The van der Waals surface area contributed by atoms with Gasteiger partial charge in [0.2, 0.25) is 0 Å². The van der Waals surface area contributed by atoms with Crippen LogP contribution in [-0.4, -0.2) is 99.2 Å². The van der Waals surface area contributed by atoms with Gasteiger partial charge in [0.25, 0.3) is 11.1 Å². The molecule has 9 N–H and O–H groups in total. The maximum absolute atomic E-state index is 12.8. The highest BCUT2D eigenvalue weighted by molar-refractivity contribution is 7.70. The summed E-state index contributed by atoms with van der Waals surface area (Å²) in [7, 11) is -22.6. The number of rotatable bonds is 12. The van der Waals surface area contributed by atoms with E-state index in [1.54, 1.807) is 0 Å². The fourth-order valence-corrected chi connectivity index (χ4v) is 10.1. The largest absolute Gasteiger partial charge is 0.511 e. The highest BCUT2D eigenvalue weighted by Gasteiger charge is 2.55. The van der Waals surface area contributed by atoms with Crippen molar-refractivity contribution in [2.75, 3.05) is 13.2 Å². The van der Waals surface area contributed by atoms with Crippen LogP contribution in [0.1, 0.15) is 12.5 Å². The van der Waals surface area contributed by atoms with E-state index in [2.05, 4.69) is 31.2 Å². The van der Waals surface area contributed by atoms with Crippen LogP contribution in [0.5, 0.6) is 0 Å². The first-order chi connectivity index (χ1) is 23.2. The van der Waals surface area contributed by atoms with E-state index in [0.29, 0.717) is 9.13 Å². The van der Waals surface area contributed by atoms with Gasteiger partial charge in [-0.3, -0.25) is 37.7 Å². The molecule has 0 bridgehead atoms. The van der Waals surface area contributed by atoms with E-state index in [4.69, 9.17) is 9.47 Å². The SMILES string of the molecule is O=c1ccn([C@@H]2O[C@H](COP(=O)(O)OP3(=O)ONOP(=O)(OP(=O)(O)OC[C@H]4O[C@@H](n5ccc(=O)[nH]c5=O)[C@H](O)[C@@H]4O)O3)[C@@H](O)[C@H]2O)c(=O)[nH]1. The maximum Gasteiger partial charge on any atom is 0.511 e. The van der Waals surface area contributed by atoms with E-state index in [1.165, 1.54) is 5.64 Å². The van der Waals surface area contributed by atoms with Gasteiger partial charge in [0.1, 0.15) is 36.6 Å². The molecule has 0 spiro atoms. The number of hydrogen-bond donors (Lipinski definition) is 9. The normalized spacial score (nSPS) is 36.9.